The van der Waals surface area contributed by atoms with Crippen molar-refractivity contribution >= 4 is 17.8 Å². The number of pyridine rings is 1. The van der Waals surface area contributed by atoms with Crippen molar-refractivity contribution in [2.45, 2.75) is 57.5 Å². The number of aryl methyl sites for hydroxylation is 3. The largest absolute Gasteiger partial charge is 0.493 e. The van der Waals surface area contributed by atoms with Gasteiger partial charge in [0.1, 0.15) is 11.6 Å². The van der Waals surface area contributed by atoms with Gasteiger partial charge < -0.3 is 24.8 Å². The van der Waals surface area contributed by atoms with Crippen molar-refractivity contribution in [2.24, 2.45) is 5.92 Å². The fourth-order valence-corrected chi connectivity index (χ4v) is 4.57. The predicted octanol–water partition coefficient (Wildman–Crippen LogP) is 4.44. The lowest BCUT2D eigenvalue weighted by Gasteiger charge is -2.17. The molecule has 13 heteroatoms. The van der Waals surface area contributed by atoms with E-state index in [9.17, 15) is 23.1 Å². The quantitative estimate of drug-likeness (QED) is 0.401. The highest BCUT2D eigenvalue weighted by Crippen LogP contribution is 2.34. The number of hydrogen-bond donors (Lipinski definition) is 3. The first-order valence-electron chi connectivity index (χ1n) is 12.9. The van der Waals surface area contributed by atoms with Crippen LogP contribution in [-0.4, -0.2) is 56.6 Å². The van der Waals surface area contributed by atoms with Gasteiger partial charge >= 0.3 is 18.1 Å². The Kier molecular flexibility index (Phi) is 9.22. The number of anilines is 1. The summed E-state index contributed by atoms with van der Waals surface area (Å²) in [4.78, 5) is 29.6. The van der Waals surface area contributed by atoms with E-state index in [1.807, 2.05) is 12.2 Å². The van der Waals surface area contributed by atoms with Gasteiger partial charge in [-0.2, -0.15) is 18.2 Å². The van der Waals surface area contributed by atoms with E-state index in [-0.39, 0.29) is 12.3 Å². The average Bonchev–Trinajstić information content (AvgIpc) is 3.55. The summed E-state index contributed by atoms with van der Waals surface area (Å²) in [7, 11) is 0. The van der Waals surface area contributed by atoms with Crippen LogP contribution >= 0.6 is 0 Å². The van der Waals surface area contributed by atoms with Gasteiger partial charge in [0.05, 0.1) is 13.0 Å². The summed E-state index contributed by atoms with van der Waals surface area (Å²) >= 11 is 0. The third-order valence-electron chi connectivity index (χ3n) is 6.50. The smallest absolute Gasteiger partial charge is 0.490 e. The van der Waals surface area contributed by atoms with Crippen molar-refractivity contribution in [3.63, 3.8) is 0 Å². The van der Waals surface area contributed by atoms with Crippen LogP contribution in [0.25, 0.3) is 0 Å². The highest BCUT2D eigenvalue weighted by Gasteiger charge is 2.38. The third kappa shape index (κ3) is 7.93. The van der Waals surface area contributed by atoms with Crippen molar-refractivity contribution in [3.05, 3.63) is 70.2 Å². The second kappa shape index (κ2) is 12.8. The number of fused-ring (bicyclic) bond motifs is 2. The van der Waals surface area contributed by atoms with Crippen molar-refractivity contribution in [3.8, 4) is 0 Å². The number of allylic oxidation sites excluding steroid dienone is 3. The molecule has 2 aromatic rings. The van der Waals surface area contributed by atoms with Crippen LogP contribution in [0.1, 0.15) is 48.7 Å². The average molecular weight is 563 g/mol. The van der Waals surface area contributed by atoms with E-state index >= 15 is 0 Å². The molecule has 3 aliphatic rings. The first kappa shape index (κ1) is 28.8. The van der Waals surface area contributed by atoms with Gasteiger partial charge in [0.2, 0.25) is 5.89 Å². The van der Waals surface area contributed by atoms with Crippen LogP contribution in [0.3, 0.4) is 0 Å². The SMILES string of the molecule is O=C(O)C(F)(F)F.O=C(O)CC(Cc1nc(CCCc2ccc3c(n2)NCCC3)no1)C1=CC2=CCCOC2=C1. The first-order chi connectivity index (χ1) is 19.1. The monoisotopic (exact) mass is 562 g/mol. The maximum atomic E-state index is 11.5. The Hall–Kier alpha value is -4.16. The van der Waals surface area contributed by atoms with Gasteiger partial charge in [-0.25, -0.2) is 9.78 Å². The number of nitrogens with zero attached hydrogens (tertiary/aromatic N) is 3. The lowest BCUT2D eigenvalue weighted by molar-refractivity contribution is -0.192. The molecule has 0 bridgehead atoms. The van der Waals surface area contributed by atoms with E-state index in [4.69, 9.17) is 24.1 Å². The Labute approximate surface area is 227 Å². The third-order valence-corrected chi connectivity index (χ3v) is 6.50. The van der Waals surface area contributed by atoms with E-state index in [1.54, 1.807) is 0 Å². The maximum absolute atomic E-state index is 11.5. The Balaban J connectivity index is 0.000000470. The molecule has 4 heterocycles. The van der Waals surface area contributed by atoms with Crippen molar-refractivity contribution in [2.75, 3.05) is 18.5 Å². The molecule has 0 spiro atoms. The molecule has 0 amide bonds. The zero-order valence-corrected chi connectivity index (χ0v) is 21.5. The van der Waals surface area contributed by atoms with Gasteiger partial charge in [-0.3, -0.25) is 4.79 Å². The van der Waals surface area contributed by atoms with Crippen LogP contribution in [0, 0.1) is 5.92 Å². The van der Waals surface area contributed by atoms with Crippen LogP contribution < -0.4 is 5.32 Å². The lowest BCUT2D eigenvalue weighted by atomic mass is 9.92. The van der Waals surface area contributed by atoms with Crippen molar-refractivity contribution in [1.29, 1.82) is 0 Å². The molecule has 1 unspecified atom stereocenters. The fraction of sp³-hybridized carbons (Fsp3) is 0.444. The number of halogens is 3. The van der Waals surface area contributed by atoms with Crippen LogP contribution in [0.5, 0.6) is 0 Å². The van der Waals surface area contributed by atoms with Crippen LogP contribution in [-0.2, 0) is 40.0 Å². The van der Waals surface area contributed by atoms with Gasteiger partial charge in [-0.1, -0.05) is 17.3 Å². The molecule has 10 nitrogen and oxygen atoms in total. The Bertz CT molecular complexity index is 1330. The Morgan fingerprint density at radius 2 is 1.93 bits per heavy atom. The summed E-state index contributed by atoms with van der Waals surface area (Å²) in [6, 6.07) is 4.27. The van der Waals surface area contributed by atoms with Gasteiger partial charge in [0.15, 0.2) is 5.82 Å². The van der Waals surface area contributed by atoms with E-state index in [2.05, 4.69) is 33.7 Å². The molecule has 0 saturated carbocycles. The summed E-state index contributed by atoms with van der Waals surface area (Å²) < 4.78 is 42.9. The molecular formula is C27H29F3N4O6. The van der Waals surface area contributed by atoms with Crippen LogP contribution in [0.15, 0.2) is 51.8 Å². The molecule has 0 aromatic carbocycles. The number of rotatable bonds is 9. The van der Waals surface area contributed by atoms with Gasteiger partial charge in [-0.15, -0.1) is 0 Å². The predicted molar refractivity (Wildman–Crippen MR) is 135 cm³/mol. The molecule has 0 radical (unpaired) electrons. The molecule has 1 atom stereocenters. The maximum Gasteiger partial charge on any atom is 0.490 e. The summed E-state index contributed by atoms with van der Waals surface area (Å²) in [5, 5.41) is 24.0. The topological polar surface area (TPSA) is 148 Å². The second-order valence-corrected chi connectivity index (χ2v) is 9.55. The van der Waals surface area contributed by atoms with Crippen molar-refractivity contribution in [1.82, 2.24) is 15.1 Å². The highest BCUT2D eigenvalue weighted by molar-refractivity contribution is 5.73. The lowest BCUT2D eigenvalue weighted by Crippen LogP contribution is -2.21. The standard InChI is InChI=1S/C25H28N4O4.C2HF3O2/c30-24(31)15-19(18-12-17-5-3-11-32-21(17)13-18)14-23-28-22(29-33-23)7-1-6-20-9-8-16-4-2-10-26-25(16)27-20;3-2(4,5)1(6)7/h5,8-9,12-13,19H,1-4,6-7,10-11,14-15H2,(H,26,27)(H,30,31);(H,6,7). The number of ether oxygens (including phenoxy) is 1. The van der Waals surface area contributed by atoms with E-state index in [0.29, 0.717) is 31.2 Å². The van der Waals surface area contributed by atoms with Crippen LogP contribution in [0.4, 0.5) is 19.0 Å². The summed E-state index contributed by atoms with van der Waals surface area (Å²) in [6.07, 6.45) is 6.89. The number of carbonyl (C=O) groups is 2. The molecule has 0 saturated heterocycles. The van der Waals surface area contributed by atoms with E-state index in [1.165, 1.54) is 5.56 Å². The van der Waals surface area contributed by atoms with Gasteiger partial charge in [-0.05, 0) is 55.0 Å². The van der Waals surface area contributed by atoms with Gasteiger partial charge in [0.25, 0.3) is 0 Å². The van der Waals surface area contributed by atoms with E-state index in [0.717, 1.165) is 67.1 Å². The molecule has 40 heavy (non-hydrogen) atoms. The number of carboxylic acids is 2. The number of carboxylic acid groups (broad SMARTS) is 2. The zero-order valence-electron chi connectivity index (χ0n) is 21.5. The highest BCUT2D eigenvalue weighted by atomic mass is 19.4. The molecule has 5 rings (SSSR count). The molecule has 1 aliphatic carbocycles. The number of aromatic nitrogens is 3. The number of aliphatic carboxylic acids is 2. The number of nitrogens with one attached hydrogen (secondary N) is 1. The van der Waals surface area contributed by atoms with Gasteiger partial charge in [0, 0.05) is 43.0 Å². The molecule has 214 valence electrons. The number of hydrogen-bond acceptors (Lipinski definition) is 8. The number of alkyl halides is 3. The minimum Gasteiger partial charge on any atom is -0.493 e. The Morgan fingerprint density at radius 1 is 1.12 bits per heavy atom. The second-order valence-electron chi connectivity index (χ2n) is 9.55. The summed E-state index contributed by atoms with van der Waals surface area (Å²) in [6.45, 7) is 1.64. The summed E-state index contributed by atoms with van der Waals surface area (Å²) in [5.74, 6) is -0.898. The first-order valence-corrected chi connectivity index (χ1v) is 12.9. The molecule has 3 N–H and O–H groups in total. The van der Waals surface area contributed by atoms with Crippen LogP contribution in [0.2, 0.25) is 0 Å². The zero-order chi connectivity index (χ0) is 28.7. The minimum atomic E-state index is -5.08. The molecule has 2 aliphatic heterocycles. The fourth-order valence-electron chi connectivity index (χ4n) is 4.57. The molecular weight excluding hydrogens is 533 g/mol. The molecule has 0 fully saturated rings. The van der Waals surface area contributed by atoms with E-state index < -0.39 is 18.1 Å². The molecule has 2 aromatic heterocycles. The summed E-state index contributed by atoms with van der Waals surface area (Å²) in [5.41, 5.74) is 4.32. The van der Waals surface area contributed by atoms with Crippen molar-refractivity contribution < 1.29 is 42.2 Å². The normalized spacial score (nSPS) is 16.5. The Morgan fingerprint density at radius 3 is 2.65 bits per heavy atom. The minimum absolute atomic E-state index is 0.00135.